The van der Waals surface area contributed by atoms with Crippen LogP contribution in [0.3, 0.4) is 0 Å². The Morgan fingerprint density at radius 1 is 1.16 bits per heavy atom. The second-order valence-corrected chi connectivity index (χ2v) is 9.25. The molecule has 3 aromatic heterocycles. The first-order valence-electron chi connectivity index (χ1n) is 11.0. The Morgan fingerprint density at radius 2 is 2.03 bits per heavy atom. The van der Waals surface area contributed by atoms with Crippen LogP contribution in [0.2, 0.25) is 0 Å². The number of nitrogens with one attached hydrogen (secondary N) is 1. The second-order valence-electron chi connectivity index (χ2n) is 9.25. The Hall–Kier alpha value is -3.10. The molecule has 6 rings (SSSR count). The van der Waals surface area contributed by atoms with Gasteiger partial charge in [-0.1, -0.05) is 12.1 Å². The van der Waals surface area contributed by atoms with Gasteiger partial charge in [0.15, 0.2) is 17.2 Å². The van der Waals surface area contributed by atoms with Crippen molar-refractivity contribution in [2.75, 3.05) is 13.1 Å². The van der Waals surface area contributed by atoms with Gasteiger partial charge < -0.3 is 4.74 Å². The van der Waals surface area contributed by atoms with Crippen LogP contribution in [-0.2, 0) is 0 Å². The molecule has 2 aliphatic heterocycles. The molecule has 1 aromatic carbocycles. The lowest BCUT2D eigenvalue weighted by Gasteiger charge is -2.32. The van der Waals surface area contributed by atoms with E-state index in [1.165, 1.54) is 17.7 Å². The van der Waals surface area contributed by atoms with Crippen molar-refractivity contribution in [2.45, 2.75) is 45.0 Å². The minimum atomic E-state index is -0.350. The summed E-state index contributed by atoms with van der Waals surface area (Å²) in [5.41, 5.74) is 3.12. The first-order chi connectivity index (χ1) is 15.4. The van der Waals surface area contributed by atoms with Gasteiger partial charge in [0.2, 0.25) is 0 Å². The van der Waals surface area contributed by atoms with Gasteiger partial charge in [0.25, 0.3) is 0 Å². The summed E-state index contributed by atoms with van der Waals surface area (Å²) in [4.78, 5) is 7.30. The maximum atomic E-state index is 14.3. The van der Waals surface area contributed by atoms with Crippen molar-refractivity contribution in [3.63, 3.8) is 0 Å². The van der Waals surface area contributed by atoms with Crippen LogP contribution in [0.1, 0.15) is 38.8 Å². The molecule has 0 saturated carbocycles. The van der Waals surface area contributed by atoms with E-state index in [-0.39, 0.29) is 23.6 Å². The average molecular weight is 433 g/mol. The van der Waals surface area contributed by atoms with E-state index in [4.69, 9.17) is 9.72 Å². The van der Waals surface area contributed by atoms with Crippen LogP contribution >= 0.6 is 0 Å². The van der Waals surface area contributed by atoms with E-state index in [1.54, 1.807) is 0 Å². The number of aromatic nitrogens is 4. The number of fused-ring (bicyclic) bond motifs is 5. The highest BCUT2D eigenvalue weighted by Gasteiger charge is 2.37. The summed E-state index contributed by atoms with van der Waals surface area (Å²) in [6.45, 7) is 8.28. The first-order valence-corrected chi connectivity index (χ1v) is 11.0. The normalized spacial score (nSPS) is 27.6. The molecule has 1 saturated heterocycles. The molecule has 1 fully saturated rings. The molecule has 4 atom stereocenters. The molecule has 0 spiro atoms. The average Bonchev–Trinajstić information content (AvgIpc) is 3.35. The zero-order valence-electron chi connectivity index (χ0n) is 18.3. The van der Waals surface area contributed by atoms with Crippen LogP contribution in [-0.4, -0.2) is 49.3 Å². The molecule has 7 nitrogen and oxygen atoms in total. The van der Waals surface area contributed by atoms with Gasteiger partial charge >= 0.3 is 0 Å². The van der Waals surface area contributed by atoms with E-state index in [9.17, 15) is 4.39 Å². The Morgan fingerprint density at radius 3 is 2.91 bits per heavy atom. The van der Waals surface area contributed by atoms with Gasteiger partial charge in [-0.15, -0.1) is 10.2 Å². The van der Waals surface area contributed by atoms with E-state index in [0.29, 0.717) is 28.2 Å². The zero-order valence-corrected chi connectivity index (χ0v) is 18.3. The maximum Gasteiger partial charge on any atom is 0.187 e. The molecule has 0 amide bonds. The smallest absolute Gasteiger partial charge is 0.187 e. The number of halogens is 1. The molecule has 2 aliphatic rings. The van der Waals surface area contributed by atoms with Crippen molar-refractivity contribution in [1.82, 2.24) is 29.8 Å². The molecule has 4 aromatic rings. The minimum Gasteiger partial charge on any atom is -0.473 e. The molecule has 0 aliphatic carbocycles. The Kier molecular flexibility index (Phi) is 4.25. The number of ether oxygens (including phenoxy) is 1. The summed E-state index contributed by atoms with van der Waals surface area (Å²) in [6.07, 6.45) is 2.79. The monoisotopic (exact) mass is 432 g/mol. The quantitative estimate of drug-likeness (QED) is 0.454. The third kappa shape index (κ3) is 3.13. The molecule has 6 bridgehead atoms. The van der Waals surface area contributed by atoms with Crippen molar-refractivity contribution >= 4 is 16.6 Å². The Labute approximate surface area is 185 Å². The fourth-order valence-corrected chi connectivity index (χ4v) is 5.08. The topological polar surface area (TPSA) is 67.6 Å². The van der Waals surface area contributed by atoms with Crippen molar-refractivity contribution in [2.24, 2.45) is 0 Å². The van der Waals surface area contributed by atoms with Crippen LogP contribution in [0.5, 0.6) is 5.75 Å². The van der Waals surface area contributed by atoms with Gasteiger partial charge in [-0.2, -0.15) is 0 Å². The lowest BCUT2D eigenvalue weighted by Crippen LogP contribution is -2.51. The van der Waals surface area contributed by atoms with Crippen molar-refractivity contribution in [3.05, 3.63) is 54.0 Å². The fourth-order valence-electron chi connectivity index (χ4n) is 5.08. The largest absolute Gasteiger partial charge is 0.473 e. The summed E-state index contributed by atoms with van der Waals surface area (Å²) in [5.74, 6) is 0.716. The molecular weight excluding hydrogens is 407 g/mol. The molecular formula is C24H25FN6O. The first kappa shape index (κ1) is 19.6. The highest BCUT2D eigenvalue weighted by atomic mass is 19.1. The number of pyridine rings is 2. The highest BCUT2D eigenvalue weighted by Crippen LogP contribution is 2.33. The summed E-state index contributed by atoms with van der Waals surface area (Å²) in [5, 5.41) is 13.0. The molecule has 32 heavy (non-hydrogen) atoms. The zero-order chi connectivity index (χ0) is 22.0. The molecule has 0 radical (unpaired) electrons. The second kappa shape index (κ2) is 6.95. The van der Waals surface area contributed by atoms with E-state index < -0.39 is 0 Å². The van der Waals surface area contributed by atoms with Crippen molar-refractivity contribution in [3.8, 4) is 17.3 Å². The third-order valence-corrected chi connectivity index (χ3v) is 6.76. The maximum absolute atomic E-state index is 14.3. The number of hydrogen-bond acceptors (Lipinski definition) is 6. The van der Waals surface area contributed by atoms with Gasteiger partial charge in [-0.25, -0.2) is 9.37 Å². The number of nitrogens with zero attached hydrogens (tertiary/aromatic N) is 5. The molecule has 5 heterocycles. The van der Waals surface area contributed by atoms with E-state index >= 15 is 0 Å². The van der Waals surface area contributed by atoms with Crippen LogP contribution in [0, 0.1) is 5.82 Å². The molecule has 1 N–H and O–H groups in total. The Bertz CT molecular complexity index is 1350. The van der Waals surface area contributed by atoms with Crippen molar-refractivity contribution < 1.29 is 9.13 Å². The van der Waals surface area contributed by atoms with Gasteiger partial charge in [0.05, 0.1) is 0 Å². The summed E-state index contributed by atoms with van der Waals surface area (Å²) in [6, 6.07) is 10.9. The predicted octanol–water partition coefficient (Wildman–Crippen LogP) is 3.94. The standard InChI is InChI=1S/C24H25FN6O/c1-14-17-5-7-21-28-29-23(31(21)12-17)19-6-4-16-10-18(25)11-20(22(16)26-19)32-15(2)27-24(3)8-9-30(14)13-24/h4-7,10-12,14-15,27H,8-9,13H2,1-3H3/t14-,15?,24+/m1/s1. The number of benzene rings is 1. The predicted molar refractivity (Wildman–Crippen MR) is 120 cm³/mol. The van der Waals surface area contributed by atoms with Crippen LogP contribution in [0.4, 0.5) is 4.39 Å². The van der Waals surface area contributed by atoms with E-state index in [2.05, 4.69) is 46.5 Å². The van der Waals surface area contributed by atoms with Gasteiger partial charge in [-0.3, -0.25) is 14.6 Å². The summed E-state index contributed by atoms with van der Waals surface area (Å²) in [7, 11) is 0. The SMILES string of the molecule is CC1N[C@@]2(C)CCN(C2)[C@H](C)c2ccc3nnc(n3c2)-c2ccc3cc(F)cc(c3n2)O1. The molecule has 8 heteroatoms. The summed E-state index contributed by atoms with van der Waals surface area (Å²) >= 11 is 0. The molecule has 2 unspecified atom stereocenters. The lowest BCUT2D eigenvalue weighted by molar-refractivity contribution is 0.132. The van der Waals surface area contributed by atoms with Gasteiger partial charge in [0.1, 0.15) is 23.3 Å². The third-order valence-electron chi connectivity index (χ3n) is 6.76. The van der Waals surface area contributed by atoms with Crippen molar-refractivity contribution in [1.29, 1.82) is 0 Å². The highest BCUT2D eigenvalue weighted by molar-refractivity contribution is 5.86. The van der Waals surface area contributed by atoms with Crippen LogP contribution in [0.25, 0.3) is 28.1 Å². The Balaban J connectivity index is 1.59. The number of hydrogen-bond donors (Lipinski definition) is 1. The van der Waals surface area contributed by atoms with Gasteiger partial charge in [-0.05, 0) is 51.0 Å². The minimum absolute atomic E-state index is 0.110. The lowest BCUT2D eigenvalue weighted by atomic mass is 10.0. The van der Waals surface area contributed by atoms with Crippen LogP contribution in [0.15, 0.2) is 42.6 Å². The number of rotatable bonds is 0. The summed E-state index contributed by atoms with van der Waals surface area (Å²) < 4.78 is 22.5. The fraction of sp³-hybridized carbons (Fsp3) is 0.375. The van der Waals surface area contributed by atoms with Crippen LogP contribution < -0.4 is 10.1 Å². The van der Waals surface area contributed by atoms with E-state index in [1.807, 2.05) is 29.5 Å². The van der Waals surface area contributed by atoms with E-state index in [0.717, 1.165) is 25.2 Å². The van der Waals surface area contributed by atoms with Gasteiger partial charge in [0, 0.05) is 42.3 Å². The molecule has 164 valence electrons.